The van der Waals surface area contributed by atoms with Crippen LogP contribution < -0.4 is 10.6 Å². The van der Waals surface area contributed by atoms with Gasteiger partial charge in [0, 0.05) is 13.1 Å². The number of carbonyl (C=O) groups excluding carboxylic acids is 1. The SMILES string of the molecule is O=C(NCCCCc1ccccc1F)NCc1ccccc1. The normalized spacial score (nSPS) is 10.2. The third-order valence-electron chi connectivity index (χ3n) is 3.41. The van der Waals surface area contributed by atoms with Gasteiger partial charge in [-0.05, 0) is 36.5 Å². The Morgan fingerprint density at radius 3 is 2.41 bits per heavy atom. The third kappa shape index (κ3) is 5.56. The van der Waals surface area contributed by atoms with E-state index in [2.05, 4.69) is 10.6 Å². The molecule has 0 bridgehead atoms. The Hall–Kier alpha value is -2.36. The number of carbonyl (C=O) groups is 1. The molecule has 0 aliphatic rings. The Labute approximate surface area is 130 Å². The topological polar surface area (TPSA) is 41.1 Å². The lowest BCUT2D eigenvalue weighted by atomic mass is 10.1. The number of amides is 2. The van der Waals surface area contributed by atoms with Gasteiger partial charge in [-0.15, -0.1) is 0 Å². The van der Waals surface area contributed by atoms with Gasteiger partial charge < -0.3 is 10.6 Å². The van der Waals surface area contributed by atoms with E-state index >= 15 is 0 Å². The van der Waals surface area contributed by atoms with Gasteiger partial charge in [0.15, 0.2) is 0 Å². The molecule has 22 heavy (non-hydrogen) atoms. The van der Waals surface area contributed by atoms with E-state index in [0.717, 1.165) is 24.0 Å². The van der Waals surface area contributed by atoms with Crippen LogP contribution in [-0.4, -0.2) is 12.6 Å². The fourth-order valence-corrected chi connectivity index (χ4v) is 2.18. The average molecular weight is 300 g/mol. The molecular weight excluding hydrogens is 279 g/mol. The molecule has 2 aromatic carbocycles. The second-order valence-corrected chi connectivity index (χ2v) is 5.14. The number of hydrogen-bond acceptors (Lipinski definition) is 1. The summed E-state index contributed by atoms with van der Waals surface area (Å²) < 4.78 is 13.4. The smallest absolute Gasteiger partial charge is 0.315 e. The van der Waals surface area contributed by atoms with Crippen LogP contribution in [0.4, 0.5) is 9.18 Å². The Kier molecular flexibility index (Phi) is 6.42. The maximum Gasteiger partial charge on any atom is 0.315 e. The van der Waals surface area contributed by atoms with Gasteiger partial charge in [-0.25, -0.2) is 9.18 Å². The van der Waals surface area contributed by atoms with E-state index in [1.165, 1.54) is 6.07 Å². The van der Waals surface area contributed by atoms with Gasteiger partial charge in [-0.1, -0.05) is 48.5 Å². The molecule has 0 saturated heterocycles. The van der Waals surface area contributed by atoms with Crippen LogP contribution in [-0.2, 0) is 13.0 Å². The monoisotopic (exact) mass is 300 g/mol. The van der Waals surface area contributed by atoms with Gasteiger partial charge in [0.2, 0.25) is 0 Å². The fourth-order valence-electron chi connectivity index (χ4n) is 2.18. The maximum atomic E-state index is 13.4. The van der Waals surface area contributed by atoms with Gasteiger partial charge in [0.1, 0.15) is 5.82 Å². The minimum Gasteiger partial charge on any atom is -0.338 e. The molecule has 0 saturated carbocycles. The second-order valence-electron chi connectivity index (χ2n) is 5.14. The summed E-state index contributed by atoms with van der Waals surface area (Å²) in [4.78, 5) is 11.6. The highest BCUT2D eigenvalue weighted by molar-refractivity contribution is 5.73. The van der Waals surface area contributed by atoms with Crippen molar-refractivity contribution in [2.45, 2.75) is 25.8 Å². The summed E-state index contributed by atoms with van der Waals surface area (Å²) in [5, 5.41) is 5.62. The number of urea groups is 1. The standard InChI is InChI=1S/C18H21FN2O/c19-17-12-5-4-10-16(17)11-6-7-13-20-18(22)21-14-15-8-2-1-3-9-15/h1-5,8-10,12H,6-7,11,13-14H2,(H2,20,21,22). The molecule has 0 radical (unpaired) electrons. The van der Waals surface area contributed by atoms with Crippen LogP contribution in [0.5, 0.6) is 0 Å². The zero-order valence-electron chi connectivity index (χ0n) is 12.5. The molecular formula is C18H21FN2O. The molecule has 0 spiro atoms. The summed E-state index contributed by atoms with van der Waals surface area (Å²) >= 11 is 0. The Morgan fingerprint density at radius 2 is 1.64 bits per heavy atom. The third-order valence-corrected chi connectivity index (χ3v) is 3.41. The number of halogens is 1. The molecule has 3 nitrogen and oxygen atoms in total. The number of rotatable bonds is 7. The van der Waals surface area contributed by atoms with E-state index in [1.54, 1.807) is 12.1 Å². The van der Waals surface area contributed by atoms with Gasteiger partial charge in [0.05, 0.1) is 0 Å². The van der Waals surface area contributed by atoms with Gasteiger partial charge >= 0.3 is 6.03 Å². The van der Waals surface area contributed by atoms with Crippen LogP contribution in [0.3, 0.4) is 0 Å². The number of hydrogen-bond donors (Lipinski definition) is 2. The first-order chi connectivity index (χ1) is 10.8. The maximum absolute atomic E-state index is 13.4. The number of benzene rings is 2. The van der Waals surface area contributed by atoms with Crippen LogP contribution in [0.1, 0.15) is 24.0 Å². The van der Waals surface area contributed by atoms with E-state index in [0.29, 0.717) is 19.5 Å². The van der Waals surface area contributed by atoms with Crippen molar-refractivity contribution in [2.75, 3.05) is 6.54 Å². The zero-order valence-corrected chi connectivity index (χ0v) is 12.5. The molecule has 0 fully saturated rings. The van der Waals surface area contributed by atoms with Gasteiger partial charge in [-0.2, -0.15) is 0 Å². The van der Waals surface area contributed by atoms with E-state index in [-0.39, 0.29) is 11.8 Å². The molecule has 0 aliphatic carbocycles. The molecule has 0 aliphatic heterocycles. The molecule has 0 atom stereocenters. The van der Waals surface area contributed by atoms with Crippen molar-refractivity contribution < 1.29 is 9.18 Å². The summed E-state index contributed by atoms with van der Waals surface area (Å²) in [6, 6.07) is 16.4. The Balaban J connectivity index is 1.57. The van der Waals surface area contributed by atoms with Gasteiger partial charge in [-0.3, -0.25) is 0 Å². The van der Waals surface area contributed by atoms with Crippen molar-refractivity contribution in [3.8, 4) is 0 Å². The first-order valence-corrected chi connectivity index (χ1v) is 7.55. The van der Waals surface area contributed by atoms with Crippen LogP contribution >= 0.6 is 0 Å². The van der Waals surface area contributed by atoms with Crippen LogP contribution in [0, 0.1) is 5.82 Å². The fraction of sp³-hybridized carbons (Fsp3) is 0.278. The number of nitrogens with one attached hydrogen (secondary N) is 2. The predicted molar refractivity (Wildman–Crippen MR) is 86.0 cm³/mol. The highest BCUT2D eigenvalue weighted by atomic mass is 19.1. The minimum atomic E-state index is -0.172. The van der Waals surface area contributed by atoms with Crippen molar-refractivity contribution in [3.63, 3.8) is 0 Å². The van der Waals surface area contributed by atoms with Crippen molar-refractivity contribution in [3.05, 3.63) is 71.5 Å². The lowest BCUT2D eigenvalue weighted by Gasteiger charge is -2.08. The van der Waals surface area contributed by atoms with Crippen molar-refractivity contribution in [1.29, 1.82) is 0 Å². The molecule has 0 heterocycles. The molecule has 4 heteroatoms. The van der Waals surface area contributed by atoms with E-state index in [1.807, 2.05) is 36.4 Å². The number of aryl methyl sites for hydroxylation is 1. The highest BCUT2D eigenvalue weighted by Gasteiger charge is 2.02. The second kappa shape index (κ2) is 8.82. The molecule has 2 amide bonds. The van der Waals surface area contributed by atoms with E-state index in [4.69, 9.17) is 0 Å². The molecule has 0 aromatic heterocycles. The first kappa shape index (κ1) is 16.0. The van der Waals surface area contributed by atoms with Gasteiger partial charge in [0.25, 0.3) is 0 Å². The molecule has 2 aromatic rings. The summed E-state index contributed by atoms with van der Waals surface area (Å²) in [6.07, 6.45) is 2.37. The highest BCUT2D eigenvalue weighted by Crippen LogP contribution is 2.09. The summed E-state index contributed by atoms with van der Waals surface area (Å²) in [7, 11) is 0. The first-order valence-electron chi connectivity index (χ1n) is 7.55. The average Bonchev–Trinajstić information content (AvgIpc) is 2.55. The summed E-state index contributed by atoms with van der Waals surface area (Å²) in [5.41, 5.74) is 1.80. The van der Waals surface area contributed by atoms with Crippen molar-refractivity contribution in [1.82, 2.24) is 10.6 Å². The molecule has 116 valence electrons. The van der Waals surface area contributed by atoms with Crippen molar-refractivity contribution >= 4 is 6.03 Å². The van der Waals surface area contributed by atoms with Crippen LogP contribution in [0.15, 0.2) is 54.6 Å². The summed E-state index contributed by atoms with van der Waals surface area (Å²) in [6.45, 7) is 1.11. The zero-order chi connectivity index (χ0) is 15.6. The Bertz CT molecular complexity index is 587. The van der Waals surface area contributed by atoms with Crippen molar-refractivity contribution in [2.24, 2.45) is 0 Å². The lowest BCUT2D eigenvalue weighted by Crippen LogP contribution is -2.35. The van der Waals surface area contributed by atoms with E-state index in [9.17, 15) is 9.18 Å². The lowest BCUT2D eigenvalue weighted by molar-refractivity contribution is 0.240. The van der Waals surface area contributed by atoms with Crippen LogP contribution in [0.2, 0.25) is 0 Å². The largest absolute Gasteiger partial charge is 0.338 e. The quantitative estimate of drug-likeness (QED) is 0.753. The molecule has 0 unspecified atom stereocenters. The summed E-state index contributed by atoms with van der Waals surface area (Å²) in [5.74, 6) is -0.156. The minimum absolute atomic E-state index is 0.156. The predicted octanol–water partition coefficient (Wildman–Crippen LogP) is 3.65. The Morgan fingerprint density at radius 1 is 0.909 bits per heavy atom. The molecule has 2 rings (SSSR count). The number of unbranched alkanes of at least 4 members (excludes halogenated alkanes) is 1. The van der Waals surface area contributed by atoms with Crippen LogP contribution in [0.25, 0.3) is 0 Å². The van der Waals surface area contributed by atoms with E-state index < -0.39 is 0 Å². The molecule has 2 N–H and O–H groups in total.